The van der Waals surface area contributed by atoms with E-state index in [1.165, 1.54) is 0 Å². The van der Waals surface area contributed by atoms with E-state index in [1.54, 1.807) is 16.6 Å². The van der Waals surface area contributed by atoms with Crippen LogP contribution in [0, 0.1) is 11.8 Å². The van der Waals surface area contributed by atoms with Gasteiger partial charge in [-0.3, -0.25) is 0 Å². The Hall–Kier alpha value is -0.850. The summed E-state index contributed by atoms with van der Waals surface area (Å²) in [6.07, 6.45) is 1.60. The van der Waals surface area contributed by atoms with Crippen LogP contribution in [0.25, 0.3) is 0 Å². The van der Waals surface area contributed by atoms with E-state index in [9.17, 15) is 8.42 Å². The number of hydrogen-bond acceptors (Lipinski definition) is 3. The molecule has 0 radical (unpaired) electrons. The fourth-order valence-electron chi connectivity index (χ4n) is 2.41. The van der Waals surface area contributed by atoms with E-state index in [-0.39, 0.29) is 0 Å². The zero-order valence-corrected chi connectivity index (χ0v) is 13.5. The van der Waals surface area contributed by atoms with Crippen LogP contribution in [0.3, 0.4) is 0 Å². The summed E-state index contributed by atoms with van der Waals surface area (Å²) in [7, 11) is -3.35. The van der Waals surface area contributed by atoms with E-state index in [1.807, 2.05) is 0 Å². The molecule has 1 aliphatic rings. The Morgan fingerprint density at radius 1 is 1.35 bits per heavy atom. The zero-order chi connectivity index (χ0) is 14.9. The Kier molecular flexibility index (Phi) is 4.56. The second kappa shape index (κ2) is 5.87. The molecule has 2 unspecified atom stereocenters. The molecule has 0 amide bonds. The van der Waals surface area contributed by atoms with Crippen molar-refractivity contribution in [1.82, 2.24) is 14.6 Å². The third kappa shape index (κ3) is 3.24. The van der Waals surface area contributed by atoms with Crippen molar-refractivity contribution in [2.75, 3.05) is 13.1 Å². The van der Waals surface area contributed by atoms with Crippen LogP contribution in [0.1, 0.15) is 33.4 Å². The lowest BCUT2D eigenvalue weighted by Crippen LogP contribution is -2.28. The molecule has 0 bridgehead atoms. The molecule has 0 aliphatic carbocycles. The van der Waals surface area contributed by atoms with Gasteiger partial charge in [-0.05, 0) is 17.9 Å². The summed E-state index contributed by atoms with van der Waals surface area (Å²) in [5, 5.41) is 3.27. The number of H-pyrrole nitrogens is 1. The minimum absolute atomic E-state index is 0.374. The van der Waals surface area contributed by atoms with Crippen LogP contribution in [0.4, 0.5) is 0 Å². The van der Waals surface area contributed by atoms with Crippen LogP contribution >= 0.6 is 0 Å². The van der Waals surface area contributed by atoms with Gasteiger partial charge in [0.15, 0.2) is 0 Å². The van der Waals surface area contributed by atoms with Gasteiger partial charge in [0.25, 0.3) is 0 Å². The number of aromatic nitrogens is 1. The molecule has 6 heteroatoms. The van der Waals surface area contributed by atoms with Crippen LogP contribution in [-0.2, 0) is 16.6 Å². The van der Waals surface area contributed by atoms with Crippen LogP contribution in [0.15, 0.2) is 17.2 Å². The first-order valence-electron chi connectivity index (χ1n) is 7.21. The predicted octanol–water partition coefficient (Wildman–Crippen LogP) is 1.79. The standard InChI is InChI=1S/C14H25N3O2S/c1-10(2)15-6-13-5-14(7-16-13)20(18,19)17-8-11(3)12(4)9-17/h5,7,10-12,15-16H,6,8-9H2,1-4H3. The lowest BCUT2D eigenvalue weighted by molar-refractivity contribution is 0.463. The second-order valence-corrected chi connectivity index (χ2v) is 8.11. The van der Waals surface area contributed by atoms with Crippen molar-refractivity contribution in [3.05, 3.63) is 18.0 Å². The Morgan fingerprint density at radius 3 is 2.50 bits per heavy atom. The predicted molar refractivity (Wildman–Crippen MR) is 79.9 cm³/mol. The van der Waals surface area contributed by atoms with Crippen molar-refractivity contribution in [1.29, 1.82) is 0 Å². The van der Waals surface area contributed by atoms with E-state index in [4.69, 9.17) is 0 Å². The smallest absolute Gasteiger partial charge is 0.244 e. The van der Waals surface area contributed by atoms with Gasteiger partial charge in [0.05, 0.1) is 4.90 Å². The minimum atomic E-state index is -3.35. The van der Waals surface area contributed by atoms with Gasteiger partial charge in [0, 0.05) is 37.6 Å². The molecule has 2 atom stereocenters. The highest BCUT2D eigenvalue weighted by Gasteiger charge is 2.35. The van der Waals surface area contributed by atoms with Gasteiger partial charge in [0.1, 0.15) is 0 Å². The molecular formula is C14H25N3O2S. The van der Waals surface area contributed by atoms with Crippen LogP contribution in [0.5, 0.6) is 0 Å². The molecule has 1 aliphatic heterocycles. The maximum Gasteiger partial charge on any atom is 0.244 e. The molecule has 2 N–H and O–H groups in total. The molecule has 1 fully saturated rings. The van der Waals surface area contributed by atoms with Gasteiger partial charge >= 0.3 is 0 Å². The molecule has 0 aromatic carbocycles. The molecule has 1 aromatic rings. The highest BCUT2D eigenvalue weighted by atomic mass is 32.2. The topological polar surface area (TPSA) is 65.2 Å². The van der Waals surface area contributed by atoms with E-state index >= 15 is 0 Å². The fraction of sp³-hybridized carbons (Fsp3) is 0.714. The summed E-state index contributed by atoms with van der Waals surface area (Å²) in [5.74, 6) is 0.844. The van der Waals surface area contributed by atoms with Crippen molar-refractivity contribution in [3.8, 4) is 0 Å². The lowest BCUT2D eigenvalue weighted by Gasteiger charge is -2.14. The Morgan fingerprint density at radius 2 is 1.95 bits per heavy atom. The molecule has 0 spiro atoms. The third-order valence-corrected chi connectivity index (χ3v) is 5.82. The summed E-state index contributed by atoms with van der Waals surface area (Å²) in [4.78, 5) is 3.42. The molecule has 20 heavy (non-hydrogen) atoms. The minimum Gasteiger partial charge on any atom is -0.363 e. The van der Waals surface area contributed by atoms with E-state index in [2.05, 4.69) is 38.0 Å². The van der Waals surface area contributed by atoms with Crippen molar-refractivity contribution in [3.63, 3.8) is 0 Å². The number of nitrogens with one attached hydrogen (secondary N) is 2. The van der Waals surface area contributed by atoms with Gasteiger partial charge in [0.2, 0.25) is 10.0 Å². The quantitative estimate of drug-likeness (QED) is 0.871. The van der Waals surface area contributed by atoms with Crippen LogP contribution in [0.2, 0.25) is 0 Å². The van der Waals surface area contributed by atoms with E-state index in [0.717, 1.165) is 5.69 Å². The van der Waals surface area contributed by atoms with E-state index in [0.29, 0.717) is 42.4 Å². The molecule has 0 saturated carbocycles. The maximum atomic E-state index is 12.6. The highest BCUT2D eigenvalue weighted by Crippen LogP contribution is 2.28. The molecule has 1 saturated heterocycles. The Labute approximate surface area is 121 Å². The molecule has 2 rings (SSSR count). The summed E-state index contributed by atoms with van der Waals surface area (Å²) < 4.78 is 26.7. The Balaban J connectivity index is 2.10. The zero-order valence-electron chi connectivity index (χ0n) is 12.7. The van der Waals surface area contributed by atoms with Gasteiger partial charge in [-0.2, -0.15) is 4.31 Å². The SMILES string of the molecule is CC(C)NCc1cc(S(=O)(=O)N2CC(C)C(C)C2)c[nH]1. The Bertz CT molecular complexity index is 541. The van der Waals surface area contributed by atoms with Crippen molar-refractivity contribution in [2.24, 2.45) is 11.8 Å². The molecule has 2 heterocycles. The van der Waals surface area contributed by atoms with Crippen LogP contribution in [-0.4, -0.2) is 36.8 Å². The maximum absolute atomic E-state index is 12.6. The van der Waals surface area contributed by atoms with Crippen molar-refractivity contribution < 1.29 is 8.42 Å². The average Bonchev–Trinajstić information content (AvgIpc) is 2.95. The van der Waals surface area contributed by atoms with Crippen molar-refractivity contribution >= 4 is 10.0 Å². The average molecular weight is 299 g/mol. The lowest BCUT2D eigenvalue weighted by atomic mass is 10.0. The number of rotatable bonds is 5. The molecule has 1 aromatic heterocycles. The largest absolute Gasteiger partial charge is 0.363 e. The number of sulfonamides is 1. The summed E-state index contributed by atoms with van der Waals surface area (Å²) in [6.45, 7) is 10.2. The van der Waals surface area contributed by atoms with Crippen molar-refractivity contribution in [2.45, 2.75) is 45.2 Å². The van der Waals surface area contributed by atoms with Crippen LogP contribution < -0.4 is 5.32 Å². The third-order valence-electron chi connectivity index (χ3n) is 4.01. The summed E-state index contributed by atoms with van der Waals surface area (Å²) in [6, 6.07) is 2.11. The van der Waals surface area contributed by atoms with Gasteiger partial charge < -0.3 is 10.3 Å². The number of hydrogen-bond donors (Lipinski definition) is 2. The number of aromatic amines is 1. The first-order chi connectivity index (χ1) is 9.30. The molecule has 5 nitrogen and oxygen atoms in total. The monoisotopic (exact) mass is 299 g/mol. The molecule has 114 valence electrons. The highest BCUT2D eigenvalue weighted by molar-refractivity contribution is 7.89. The molecular weight excluding hydrogens is 274 g/mol. The number of nitrogens with zero attached hydrogens (tertiary/aromatic N) is 1. The second-order valence-electron chi connectivity index (χ2n) is 6.17. The first-order valence-corrected chi connectivity index (χ1v) is 8.65. The summed E-state index contributed by atoms with van der Waals surface area (Å²) in [5.41, 5.74) is 0.901. The van der Waals surface area contributed by atoms with E-state index < -0.39 is 10.0 Å². The van der Waals surface area contributed by atoms with Gasteiger partial charge in [-0.15, -0.1) is 0 Å². The first kappa shape index (κ1) is 15.5. The summed E-state index contributed by atoms with van der Waals surface area (Å²) >= 11 is 0. The van der Waals surface area contributed by atoms with Gasteiger partial charge in [-0.25, -0.2) is 8.42 Å². The fourth-order valence-corrected chi connectivity index (χ4v) is 4.07. The normalized spacial score (nSPS) is 24.6. The van der Waals surface area contributed by atoms with Gasteiger partial charge in [-0.1, -0.05) is 27.7 Å².